The molecule has 4 nitrogen and oxygen atoms in total. The number of hydrogen-bond acceptors (Lipinski definition) is 4. The number of ether oxygens (including phenoxy) is 1. The van der Waals surface area contributed by atoms with Crippen LogP contribution in [0.15, 0.2) is 18.2 Å². The Hall–Kier alpha value is -0.940. The van der Waals surface area contributed by atoms with Crippen LogP contribution in [0.3, 0.4) is 0 Å². The number of nitrogens with one attached hydrogen (secondary N) is 1. The third kappa shape index (κ3) is 4.28. The smallest absolute Gasteiger partial charge is 0.152 e. The van der Waals surface area contributed by atoms with E-state index in [-0.39, 0.29) is 11.8 Å². The molecule has 20 heavy (non-hydrogen) atoms. The maximum absolute atomic E-state index is 11.6. The van der Waals surface area contributed by atoms with Gasteiger partial charge in [0.1, 0.15) is 5.75 Å². The van der Waals surface area contributed by atoms with E-state index in [0.29, 0.717) is 29.6 Å². The highest BCUT2D eigenvalue weighted by Gasteiger charge is 2.24. The summed E-state index contributed by atoms with van der Waals surface area (Å²) in [6, 6.07) is 5.44. The largest absolute Gasteiger partial charge is 0.492 e. The van der Waals surface area contributed by atoms with Crippen LogP contribution in [0.25, 0.3) is 0 Å². The second-order valence-electron chi connectivity index (χ2n) is 5.09. The van der Waals surface area contributed by atoms with Crippen LogP contribution in [0.4, 0.5) is 5.69 Å². The van der Waals surface area contributed by atoms with Crippen molar-refractivity contribution in [2.24, 2.45) is 0 Å². The molecule has 1 saturated heterocycles. The zero-order valence-electron chi connectivity index (χ0n) is 11.6. The fourth-order valence-corrected chi connectivity index (χ4v) is 4.16. The summed E-state index contributed by atoms with van der Waals surface area (Å²) in [5.74, 6) is 1.16. The van der Waals surface area contributed by atoms with Gasteiger partial charge in [0, 0.05) is 11.7 Å². The van der Waals surface area contributed by atoms with Crippen molar-refractivity contribution in [3.8, 4) is 5.75 Å². The predicted octanol–water partition coefficient (Wildman–Crippen LogP) is 3.12. The summed E-state index contributed by atoms with van der Waals surface area (Å²) in [5.41, 5.74) is 0.834. The molecule has 1 atom stereocenters. The van der Waals surface area contributed by atoms with Gasteiger partial charge in [0.15, 0.2) is 9.84 Å². The summed E-state index contributed by atoms with van der Waals surface area (Å²) in [6.45, 7) is 2.67. The number of rotatable bonds is 5. The highest BCUT2D eigenvalue weighted by atomic mass is 35.5. The molecule has 1 fully saturated rings. The van der Waals surface area contributed by atoms with Crippen molar-refractivity contribution >= 4 is 27.1 Å². The lowest BCUT2D eigenvalue weighted by Gasteiger charge is -2.24. The second kappa shape index (κ2) is 6.68. The molecule has 0 bridgehead atoms. The fourth-order valence-electron chi connectivity index (χ4n) is 2.29. The molecule has 0 aliphatic carbocycles. The maximum Gasteiger partial charge on any atom is 0.152 e. The molecule has 1 aliphatic rings. The number of halogens is 1. The number of benzene rings is 1. The normalized spacial score (nSPS) is 21.4. The van der Waals surface area contributed by atoms with E-state index < -0.39 is 9.84 Å². The van der Waals surface area contributed by atoms with Crippen molar-refractivity contribution in [2.75, 3.05) is 23.4 Å². The average molecular weight is 318 g/mol. The SMILES string of the molecule is CCCOc1ccc(NC2CCCS(=O)(=O)C2)cc1Cl. The van der Waals surface area contributed by atoms with Crippen LogP contribution >= 0.6 is 11.6 Å². The van der Waals surface area contributed by atoms with Gasteiger partial charge >= 0.3 is 0 Å². The molecule has 1 unspecified atom stereocenters. The highest BCUT2D eigenvalue weighted by molar-refractivity contribution is 7.91. The van der Waals surface area contributed by atoms with E-state index in [4.69, 9.17) is 16.3 Å². The van der Waals surface area contributed by atoms with Gasteiger partial charge in [-0.3, -0.25) is 0 Å². The van der Waals surface area contributed by atoms with Crippen LogP contribution in [-0.2, 0) is 9.84 Å². The summed E-state index contributed by atoms with van der Waals surface area (Å²) < 4.78 is 28.7. The van der Waals surface area contributed by atoms with Gasteiger partial charge in [0.05, 0.1) is 23.1 Å². The number of sulfone groups is 1. The van der Waals surface area contributed by atoms with Crippen LogP contribution in [0.2, 0.25) is 5.02 Å². The molecule has 1 N–H and O–H groups in total. The van der Waals surface area contributed by atoms with Crippen molar-refractivity contribution in [1.82, 2.24) is 0 Å². The van der Waals surface area contributed by atoms with E-state index >= 15 is 0 Å². The minimum atomic E-state index is -2.90. The van der Waals surface area contributed by atoms with Gasteiger partial charge in [-0.2, -0.15) is 0 Å². The summed E-state index contributed by atoms with van der Waals surface area (Å²) in [5, 5.41) is 3.79. The van der Waals surface area contributed by atoms with Gasteiger partial charge in [-0.05, 0) is 37.5 Å². The predicted molar refractivity (Wildman–Crippen MR) is 82.5 cm³/mol. The molecule has 0 saturated carbocycles. The Balaban J connectivity index is 2.01. The first-order valence-corrected chi connectivity index (χ1v) is 9.09. The average Bonchev–Trinajstić information content (AvgIpc) is 2.36. The summed E-state index contributed by atoms with van der Waals surface area (Å²) in [6.07, 6.45) is 2.51. The topological polar surface area (TPSA) is 55.4 Å². The lowest BCUT2D eigenvalue weighted by Crippen LogP contribution is -2.34. The van der Waals surface area contributed by atoms with E-state index in [1.165, 1.54) is 0 Å². The van der Waals surface area contributed by atoms with Crippen LogP contribution in [0.5, 0.6) is 5.75 Å². The molecule has 1 aromatic carbocycles. The lowest BCUT2D eigenvalue weighted by atomic mass is 10.1. The molecule has 6 heteroatoms. The Morgan fingerprint density at radius 2 is 2.25 bits per heavy atom. The van der Waals surface area contributed by atoms with Crippen molar-refractivity contribution < 1.29 is 13.2 Å². The third-order valence-electron chi connectivity index (χ3n) is 3.23. The first-order chi connectivity index (χ1) is 9.50. The molecule has 0 amide bonds. The van der Waals surface area contributed by atoms with Crippen LogP contribution in [0.1, 0.15) is 26.2 Å². The van der Waals surface area contributed by atoms with E-state index in [1.807, 2.05) is 19.1 Å². The summed E-state index contributed by atoms with van der Waals surface area (Å²) >= 11 is 6.16. The molecule has 0 spiro atoms. The van der Waals surface area contributed by atoms with E-state index in [9.17, 15) is 8.42 Å². The van der Waals surface area contributed by atoms with E-state index in [1.54, 1.807) is 6.07 Å². The molecule has 1 aliphatic heterocycles. The summed E-state index contributed by atoms with van der Waals surface area (Å²) in [4.78, 5) is 0. The summed E-state index contributed by atoms with van der Waals surface area (Å²) in [7, 11) is -2.90. The minimum Gasteiger partial charge on any atom is -0.492 e. The van der Waals surface area contributed by atoms with Gasteiger partial charge in [-0.25, -0.2) is 8.42 Å². The number of hydrogen-bond donors (Lipinski definition) is 1. The number of anilines is 1. The Morgan fingerprint density at radius 1 is 1.45 bits per heavy atom. The quantitative estimate of drug-likeness (QED) is 0.906. The lowest BCUT2D eigenvalue weighted by molar-refractivity contribution is 0.317. The van der Waals surface area contributed by atoms with Crippen molar-refractivity contribution in [3.63, 3.8) is 0 Å². The molecule has 2 rings (SSSR count). The second-order valence-corrected chi connectivity index (χ2v) is 7.73. The van der Waals surface area contributed by atoms with Crippen LogP contribution in [0, 0.1) is 0 Å². The molecule has 0 radical (unpaired) electrons. The molecule has 112 valence electrons. The van der Waals surface area contributed by atoms with Crippen LogP contribution in [-0.4, -0.2) is 32.6 Å². The Bertz CT molecular complexity index is 560. The Labute approximate surface area is 125 Å². The van der Waals surface area contributed by atoms with E-state index in [0.717, 1.165) is 18.5 Å². The van der Waals surface area contributed by atoms with Crippen LogP contribution < -0.4 is 10.1 Å². The van der Waals surface area contributed by atoms with Gasteiger partial charge in [0.25, 0.3) is 0 Å². The minimum absolute atomic E-state index is 0.0350. The molecule has 0 aromatic heterocycles. The first-order valence-electron chi connectivity index (χ1n) is 6.89. The van der Waals surface area contributed by atoms with Crippen molar-refractivity contribution in [3.05, 3.63) is 23.2 Å². The van der Waals surface area contributed by atoms with E-state index in [2.05, 4.69) is 5.32 Å². The molecule has 1 heterocycles. The molecular formula is C14H20ClNO3S. The zero-order chi connectivity index (χ0) is 14.6. The molecular weight excluding hydrogens is 298 g/mol. The Kier molecular flexibility index (Phi) is 5.16. The van der Waals surface area contributed by atoms with Crippen molar-refractivity contribution in [2.45, 2.75) is 32.2 Å². The zero-order valence-corrected chi connectivity index (χ0v) is 13.1. The standard InChI is InChI=1S/C14H20ClNO3S/c1-2-7-19-14-6-5-11(9-13(14)15)16-12-4-3-8-20(17,18)10-12/h5-6,9,12,16H,2-4,7-8,10H2,1H3. The first kappa shape index (κ1) is 15.4. The monoisotopic (exact) mass is 317 g/mol. The van der Waals surface area contributed by atoms with Gasteiger partial charge in [-0.1, -0.05) is 18.5 Å². The molecule has 1 aromatic rings. The van der Waals surface area contributed by atoms with Gasteiger partial charge in [-0.15, -0.1) is 0 Å². The highest BCUT2D eigenvalue weighted by Crippen LogP contribution is 2.29. The van der Waals surface area contributed by atoms with Crippen molar-refractivity contribution in [1.29, 1.82) is 0 Å². The Morgan fingerprint density at radius 3 is 2.90 bits per heavy atom. The van der Waals surface area contributed by atoms with Gasteiger partial charge < -0.3 is 10.1 Å². The maximum atomic E-state index is 11.6. The fraction of sp³-hybridized carbons (Fsp3) is 0.571. The third-order valence-corrected chi connectivity index (χ3v) is 5.34. The van der Waals surface area contributed by atoms with Gasteiger partial charge in [0.2, 0.25) is 0 Å².